The molecule has 0 aromatic carbocycles. The number of aromatic amines is 2. The summed E-state index contributed by atoms with van der Waals surface area (Å²) in [6, 6.07) is 0. The predicted octanol–water partition coefficient (Wildman–Crippen LogP) is -0.258. The molecular formula is C7H7N5O. The van der Waals surface area contributed by atoms with Crippen LogP contribution < -0.4 is 11.4 Å². The zero-order valence-electron chi connectivity index (χ0n) is 6.61. The molecule has 0 saturated carbocycles. The summed E-state index contributed by atoms with van der Waals surface area (Å²) in [5, 5.41) is 0. The Bertz CT molecular complexity index is 458. The van der Waals surface area contributed by atoms with Crippen molar-refractivity contribution in [3.05, 3.63) is 29.2 Å². The van der Waals surface area contributed by atoms with E-state index < -0.39 is 5.69 Å². The van der Waals surface area contributed by atoms with Gasteiger partial charge in [-0.3, -0.25) is 0 Å². The van der Waals surface area contributed by atoms with Crippen LogP contribution in [0.1, 0.15) is 0 Å². The second kappa shape index (κ2) is 2.74. The van der Waals surface area contributed by atoms with Gasteiger partial charge < -0.3 is 15.7 Å². The van der Waals surface area contributed by atoms with Crippen LogP contribution >= 0.6 is 0 Å². The van der Waals surface area contributed by atoms with E-state index in [0.29, 0.717) is 17.1 Å². The highest BCUT2D eigenvalue weighted by atomic mass is 16.1. The number of imidazole rings is 1. The maximum atomic E-state index is 10.9. The van der Waals surface area contributed by atoms with Gasteiger partial charge in [-0.25, -0.2) is 9.78 Å². The third kappa shape index (κ3) is 1.28. The van der Waals surface area contributed by atoms with E-state index in [-0.39, 0.29) is 0 Å². The van der Waals surface area contributed by atoms with E-state index in [1.807, 2.05) is 0 Å². The summed E-state index contributed by atoms with van der Waals surface area (Å²) in [7, 11) is 0. The second-order valence-corrected chi connectivity index (χ2v) is 2.48. The Kier molecular flexibility index (Phi) is 1.59. The molecule has 2 heterocycles. The van der Waals surface area contributed by atoms with E-state index in [1.54, 1.807) is 6.20 Å². The lowest BCUT2D eigenvalue weighted by molar-refractivity contribution is 1.08. The minimum atomic E-state index is -0.432. The first-order valence-electron chi connectivity index (χ1n) is 3.61. The number of nitrogens with zero attached hydrogens (tertiary/aromatic N) is 2. The number of nitrogens with one attached hydrogen (secondary N) is 2. The van der Waals surface area contributed by atoms with Gasteiger partial charge in [-0.05, 0) is 0 Å². The first-order valence-corrected chi connectivity index (χ1v) is 3.61. The number of nitrogens with two attached hydrogens (primary N) is 1. The van der Waals surface area contributed by atoms with Crippen LogP contribution in [0.5, 0.6) is 0 Å². The molecule has 0 bridgehead atoms. The van der Waals surface area contributed by atoms with Gasteiger partial charge in [0.15, 0.2) is 0 Å². The van der Waals surface area contributed by atoms with E-state index in [2.05, 4.69) is 19.9 Å². The van der Waals surface area contributed by atoms with Gasteiger partial charge in [-0.15, -0.1) is 0 Å². The molecule has 2 rings (SSSR count). The van der Waals surface area contributed by atoms with Crippen LogP contribution in [0, 0.1) is 0 Å². The molecular weight excluding hydrogens is 170 g/mol. The average molecular weight is 177 g/mol. The topological polar surface area (TPSA) is 100 Å². The van der Waals surface area contributed by atoms with Gasteiger partial charge in [0, 0.05) is 0 Å². The molecule has 0 spiro atoms. The first kappa shape index (κ1) is 7.53. The van der Waals surface area contributed by atoms with Crippen LogP contribution in [0.3, 0.4) is 0 Å². The number of hydrogen-bond donors (Lipinski definition) is 3. The Morgan fingerprint density at radius 2 is 2.23 bits per heavy atom. The van der Waals surface area contributed by atoms with Crippen molar-refractivity contribution in [2.45, 2.75) is 0 Å². The molecule has 0 aliphatic carbocycles. The molecule has 0 fully saturated rings. The van der Waals surface area contributed by atoms with Crippen LogP contribution in [0.15, 0.2) is 23.5 Å². The molecule has 2 aromatic rings. The van der Waals surface area contributed by atoms with Crippen LogP contribution in [0.2, 0.25) is 0 Å². The minimum Gasteiger partial charge on any atom is -0.396 e. The molecule has 0 amide bonds. The maximum absolute atomic E-state index is 10.9. The van der Waals surface area contributed by atoms with E-state index >= 15 is 0 Å². The molecule has 66 valence electrons. The number of H-pyrrole nitrogens is 2. The molecule has 6 heteroatoms. The number of aromatic nitrogens is 4. The van der Waals surface area contributed by atoms with Crippen molar-refractivity contribution in [2.75, 3.05) is 5.73 Å². The van der Waals surface area contributed by atoms with Crippen LogP contribution in [0.4, 0.5) is 5.69 Å². The van der Waals surface area contributed by atoms with E-state index in [1.165, 1.54) is 12.5 Å². The Morgan fingerprint density at radius 1 is 1.38 bits per heavy atom. The highest BCUT2D eigenvalue weighted by Crippen LogP contribution is 2.17. The average Bonchev–Trinajstić information content (AvgIpc) is 2.61. The number of anilines is 1. The lowest BCUT2D eigenvalue weighted by atomic mass is 10.3. The van der Waals surface area contributed by atoms with Crippen LogP contribution in [-0.2, 0) is 0 Å². The Morgan fingerprint density at radius 3 is 2.92 bits per heavy atom. The van der Waals surface area contributed by atoms with Gasteiger partial charge in [0.25, 0.3) is 0 Å². The molecule has 0 atom stereocenters. The standard InChI is InChI=1S/C7H7N5O/c8-4-1-10-7(13)12-6(4)5-2-9-3-11-5/h1-3H,8H2,(H,9,11)(H,10,12,13). The molecule has 6 nitrogen and oxygen atoms in total. The number of hydrogen-bond acceptors (Lipinski definition) is 4. The fraction of sp³-hybridized carbons (Fsp3) is 0. The van der Waals surface area contributed by atoms with E-state index in [4.69, 9.17) is 5.73 Å². The molecule has 0 unspecified atom stereocenters. The predicted molar refractivity (Wildman–Crippen MR) is 46.9 cm³/mol. The fourth-order valence-corrected chi connectivity index (χ4v) is 1.02. The Balaban J connectivity index is 2.64. The summed E-state index contributed by atoms with van der Waals surface area (Å²) in [6.07, 6.45) is 4.39. The quantitative estimate of drug-likeness (QED) is 0.558. The van der Waals surface area contributed by atoms with Gasteiger partial charge in [0.05, 0.1) is 35.8 Å². The van der Waals surface area contributed by atoms with Crippen molar-refractivity contribution < 1.29 is 0 Å². The summed E-state index contributed by atoms with van der Waals surface area (Å²) in [5.74, 6) is 0. The Labute approximate surface area is 72.9 Å². The second-order valence-electron chi connectivity index (χ2n) is 2.48. The van der Waals surface area contributed by atoms with Crippen molar-refractivity contribution >= 4 is 5.69 Å². The fourth-order valence-electron chi connectivity index (χ4n) is 1.02. The molecule has 13 heavy (non-hydrogen) atoms. The smallest absolute Gasteiger partial charge is 0.345 e. The molecule has 0 aliphatic rings. The summed E-state index contributed by atoms with van der Waals surface area (Å²) >= 11 is 0. The van der Waals surface area contributed by atoms with Gasteiger partial charge in [0.2, 0.25) is 0 Å². The number of rotatable bonds is 1. The largest absolute Gasteiger partial charge is 0.396 e. The van der Waals surface area contributed by atoms with Gasteiger partial charge in [0.1, 0.15) is 0 Å². The van der Waals surface area contributed by atoms with Gasteiger partial charge in [-0.1, -0.05) is 0 Å². The van der Waals surface area contributed by atoms with E-state index in [9.17, 15) is 4.79 Å². The highest BCUT2D eigenvalue weighted by Gasteiger charge is 2.04. The van der Waals surface area contributed by atoms with Gasteiger partial charge in [-0.2, -0.15) is 4.98 Å². The Hall–Kier alpha value is -2.11. The molecule has 4 N–H and O–H groups in total. The number of nitrogen functional groups attached to an aromatic ring is 1. The van der Waals surface area contributed by atoms with Crippen molar-refractivity contribution in [3.8, 4) is 11.4 Å². The highest BCUT2D eigenvalue weighted by molar-refractivity contribution is 5.67. The molecule has 0 saturated heterocycles. The van der Waals surface area contributed by atoms with E-state index in [0.717, 1.165) is 0 Å². The van der Waals surface area contributed by atoms with Crippen LogP contribution in [0.25, 0.3) is 11.4 Å². The lowest BCUT2D eigenvalue weighted by Crippen LogP contribution is -2.12. The summed E-state index contributed by atoms with van der Waals surface area (Å²) < 4.78 is 0. The first-order chi connectivity index (χ1) is 6.27. The van der Waals surface area contributed by atoms with Crippen LogP contribution in [-0.4, -0.2) is 19.9 Å². The molecule has 2 aromatic heterocycles. The lowest BCUT2D eigenvalue weighted by Gasteiger charge is -1.99. The summed E-state index contributed by atoms with van der Waals surface area (Å²) in [5.41, 5.74) is 6.75. The zero-order valence-corrected chi connectivity index (χ0v) is 6.61. The zero-order chi connectivity index (χ0) is 9.26. The third-order valence-corrected chi connectivity index (χ3v) is 1.61. The summed E-state index contributed by atoms with van der Waals surface area (Å²) in [6.45, 7) is 0. The maximum Gasteiger partial charge on any atom is 0.345 e. The summed E-state index contributed by atoms with van der Waals surface area (Å²) in [4.78, 5) is 23.5. The van der Waals surface area contributed by atoms with Crippen molar-refractivity contribution in [1.82, 2.24) is 19.9 Å². The SMILES string of the molecule is Nc1cnc(=O)[nH]c1-c1cnc[nH]1. The van der Waals surface area contributed by atoms with Crippen molar-refractivity contribution in [1.29, 1.82) is 0 Å². The normalized spacial score (nSPS) is 10.2. The third-order valence-electron chi connectivity index (χ3n) is 1.61. The molecule has 0 aliphatic heterocycles. The van der Waals surface area contributed by atoms with Crippen molar-refractivity contribution in [3.63, 3.8) is 0 Å². The van der Waals surface area contributed by atoms with Crippen molar-refractivity contribution in [2.24, 2.45) is 0 Å². The minimum absolute atomic E-state index is 0.406. The monoisotopic (exact) mass is 177 g/mol. The van der Waals surface area contributed by atoms with Gasteiger partial charge >= 0.3 is 5.69 Å². The molecule has 0 radical (unpaired) electrons.